The highest BCUT2D eigenvalue weighted by Crippen LogP contribution is 2.37. The van der Waals surface area contributed by atoms with Crippen LogP contribution in [0, 0.1) is 6.92 Å². The van der Waals surface area contributed by atoms with Gasteiger partial charge in [-0.1, -0.05) is 23.7 Å². The second kappa shape index (κ2) is 8.50. The van der Waals surface area contributed by atoms with E-state index in [1.807, 2.05) is 35.4 Å². The summed E-state index contributed by atoms with van der Waals surface area (Å²) in [6.45, 7) is 4.79. The number of pyridine rings is 1. The first-order valence-corrected chi connectivity index (χ1v) is 12.2. The Bertz CT molecular complexity index is 1160. The fraction of sp³-hybridized carbons (Fsp3) is 0.360. The number of fused-ring (bicyclic) bond motifs is 1. The van der Waals surface area contributed by atoms with Crippen LogP contribution >= 0.6 is 22.9 Å². The van der Waals surface area contributed by atoms with Gasteiger partial charge in [-0.3, -0.25) is 4.79 Å². The number of anilines is 2. The Morgan fingerprint density at radius 2 is 1.94 bits per heavy atom. The normalized spacial score (nSPS) is 18.5. The molecule has 1 unspecified atom stereocenters. The van der Waals surface area contributed by atoms with Gasteiger partial charge >= 0.3 is 0 Å². The molecular weight excluding hydrogens is 440 g/mol. The molecule has 5 nitrogen and oxygen atoms in total. The molecule has 0 bridgehead atoms. The molecule has 1 amide bonds. The first-order chi connectivity index (χ1) is 15.4. The maximum absolute atomic E-state index is 13.4. The number of carbonyl (C=O) groups is 1. The summed E-state index contributed by atoms with van der Waals surface area (Å²) in [5.41, 5.74) is 4.23. The Morgan fingerprint density at radius 3 is 2.62 bits per heavy atom. The third kappa shape index (κ3) is 3.91. The van der Waals surface area contributed by atoms with Crippen molar-refractivity contribution in [3.63, 3.8) is 0 Å². The van der Waals surface area contributed by atoms with E-state index < -0.39 is 0 Å². The summed E-state index contributed by atoms with van der Waals surface area (Å²) in [6.07, 6.45) is 3.86. The van der Waals surface area contributed by atoms with Crippen molar-refractivity contribution in [2.24, 2.45) is 0 Å². The summed E-state index contributed by atoms with van der Waals surface area (Å²) in [6, 6.07) is 12.6. The van der Waals surface area contributed by atoms with Gasteiger partial charge in [-0.15, -0.1) is 11.3 Å². The van der Waals surface area contributed by atoms with Crippen molar-refractivity contribution in [2.75, 3.05) is 43.5 Å². The van der Waals surface area contributed by atoms with Crippen LogP contribution in [0.1, 0.15) is 27.2 Å². The summed E-state index contributed by atoms with van der Waals surface area (Å²) in [4.78, 5) is 26.6. The average molecular weight is 467 g/mol. The highest BCUT2D eigenvalue weighted by atomic mass is 35.5. The van der Waals surface area contributed by atoms with Crippen molar-refractivity contribution in [2.45, 2.75) is 25.8 Å². The number of benzene rings is 1. The molecule has 1 atom stereocenters. The summed E-state index contributed by atoms with van der Waals surface area (Å²) in [5.74, 6) is 1.10. The van der Waals surface area contributed by atoms with E-state index in [2.05, 4.69) is 43.0 Å². The molecule has 0 spiro atoms. The monoisotopic (exact) mass is 466 g/mol. The molecule has 0 N–H and O–H groups in total. The van der Waals surface area contributed by atoms with Crippen LogP contribution in [0.2, 0.25) is 5.02 Å². The number of nitrogens with zero attached hydrogens (tertiary/aromatic N) is 4. The fourth-order valence-corrected chi connectivity index (χ4v) is 5.93. The first-order valence-electron chi connectivity index (χ1n) is 11.0. The summed E-state index contributed by atoms with van der Waals surface area (Å²) < 4.78 is 0. The molecular formula is C25H27ClN4OS. The van der Waals surface area contributed by atoms with Crippen LogP contribution in [0.4, 0.5) is 11.5 Å². The van der Waals surface area contributed by atoms with E-state index in [0.717, 1.165) is 68.9 Å². The highest BCUT2D eigenvalue weighted by molar-refractivity contribution is 7.17. The number of aromatic nitrogens is 1. The second-order valence-corrected chi connectivity index (χ2v) is 10.4. The third-order valence-corrected chi connectivity index (χ3v) is 7.99. The molecule has 0 saturated carbocycles. The van der Waals surface area contributed by atoms with Gasteiger partial charge in [0.1, 0.15) is 5.82 Å². The number of amides is 1. The molecule has 1 aromatic carbocycles. The maximum atomic E-state index is 13.4. The predicted octanol–water partition coefficient (Wildman–Crippen LogP) is 5.12. The molecule has 1 saturated heterocycles. The van der Waals surface area contributed by atoms with Crippen LogP contribution in [-0.2, 0) is 6.42 Å². The Morgan fingerprint density at radius 1 is 1.16 bits per heavy atom. The van der Waals surface area contributed by atoms with E-state index in [1.165, 1.54) is 0 Å². The largest absolute Gasteiger partial charge is 0.355 e. The van der Waals surface area contributed by atoms with Gasteiger partial charge in [-0.25, -0.2) is 4.98 Å². The van der Waals surface area contributed by atoms with Crippen LogP contribution in [0.25, 0.3) is 10.4 Å². The van der Waals surface area contributed by atoms with Gasteiger partial charge in [0, 0.05) is 35.6 Å². The van der Waals surface area contributed by atoms with E-state index in [9.17, 15) is 4.79 Å². The van der Waals surface area contributed by atoms with Crippen molar-refractivity contribution in [3.05, 3.63) is 63.6 Å². The SMILES string of the molecule is Cc1cc(N2CCc3cc(-c4ccc(Cl)cc4)sc3C2=O)cnc1N1CCC(N(C)C)C1. The Balaban J connectivity index is 1.37. The molecule has 1 fully saturated rings. The number of likely N-dealkylation sites (N-methyl/N-ethyl adjacent to an activating group) is 1. The minimum absolute atomic E-state index is 0.0688. The van der Waals surface area contributed by atoms with Gasteiger partial charge in [0.2, 0.25) is 0 Å². The molecule has 3 aromatic rings. The van der Waals surface area contributed by atoms with Gasteiger partial charge in [0.25, 0.3) is 5.91 Å². The number of aryl methyl sites for hydroxylation is 1. The van der Waals surface area contributed by atoms with Gasteiger partial charge in [0.05, 0.1) is 16.8 Å². The first kappa shape index (κ1) is 21.4. The third-order valence-electron chi connectivity index (χ3n) is 6.52. The molecule has 7 heteroatoms. The molecule has 5 rings (SSSR count). The Hall–Kier alpha value is -2.41. The van der Waals surface area contributed by atoms with E-state index in [0.29, 0.717) is 12.6 Å². The van der Waals surface area contributed by atoms with Crippen LogP contribution in [0.5, 0.6) is 0 Å². The predicted molar refractivity (Wildman–Crippen MR) is 133 cm³/mol. The van der Waals surface area contributed by atoms with Crippen LogP contribution in [0.3, 0.4) is 0 Å². The van der Waals surface area contributed by atoms with Crippen molar-refractivity contribution < 1.29 is 4.79 Å². The lowest BCUT2D eigenvalue weighted by atomic mass is 10.1. The smallest absolute Gasteiger partial charge is 0.268 e. The minimum atomic E-state index is 0.0688. The van der Waals surface area contributed by atoms with E-state index >= 15 is 0 Å². The number of carbonyl (C=O) groups excluding carboxylic acids is 1. The van der Waals surface area contributed by atoms with Gasteiger partial charge in [-0.2, -0.15) is 0 Å². The van der Waals surface area contributed by atoms with Crippen molar-refractivity contribution in [3.8, 4) is 10.4 Å². The molecule has 4 heterocycles. The zero-order valence-corrected chi connectivity index (χ0v) is 20.2. The van der Waals surface area contributed by atoms with Crippen LogP contribution in [0.15, 0.2) is 42.6 Å². The van der Waals surface area contributed by atoms with Gasteiger partial charge in [0.15, 0.2) is 0 Å². The number of hydrogen-bond donors (Lipinski definition) is 0. The lowest BCUT2D eigenvalue weighted by molar-refractivity contribution is 0.0985. The van der Waals surface area contributed by atoms with E-state index in [-0.39, 0.29) is 5.91 Å². The summed E-state index contributed by atoms with van der Waals surface area (Å²) in [7, 11) is 4.27. The average Bonchev–Trinajstić information content (AvgIpc) is 3.42. The maximum Gasteiger partial charge on any atom is 0.268 e. The lowest BCUT2D eigenvalue weighted by Crippen LogP contribution is -2.37. The molecule has 2 aromatic heterocycles. The lowest BCUT2D eigenvalue weighted by Gasteiger charge is -2.28. The number of halogens is 1. The van der Waals surface area contributed by atoms with Crippen LogP contribution < -0.4 is 9.80 Å². The van der Waals surface area contributed by atoms with E-state index in [4.69, 9.17) is 16.6 Å². The van der Waals surface area contributed by atoms with Crippen molar-refractivity contribution >= 4 is 40.4 Å². The topological polar surface area (TPSA) is 39.7 Å². The quantitative estimate of drug-likeness (QED) is 0.535. The standard InChI is InChI=1S/C25H27ClN4OS/c1-16-12-21(14-27-24(16)29-10-9-20(15-29)28(2)3)30-11-8-18-13-22(32-23(18)25(30)31)17-4-6-19(26)7-5-17/h4-7,12-14,20H,8-11,15H2,1-3H3. The second-order valence-electron chi connectivity index (χ2n) is 8.86. The van der Waals surface area contributed by atoms with Crippen LogP contribution in [-0.4, -0.2) is 55.6 Å². The zero-order valence-electron chi connectivity index (χ0n) is 18.6. The Labute approximate surface area is 198 Å². The van der Waals surface area contributed by atoms with E-state index in [1.54, 1.807) is 11.3 Å². The molecule has 166 valence electrons. The molecule has 2 aliphatic heterocycles. The molecule has 32 heavy (non-hydrogen) atoms. The van der Waals surface area contributed by atoms with Crippen molar-refractivity contribution in [1.82, 2.24) is 9.88 Å². The fourth-order valence-electron chi connectivity index (χ4n) is 4.64. The Kier molecular flexibility index (Phi) is 5.70. The molecule has 0 radical (unpaired) electrons. The summed E-state index contributed by atoms with van der Waals surface area (Å²) >= 11 is 7.59. The van der Waals surface area contributed by atoms with Crippen molar-refractivity contribution in [1.29, 1.82) is 0 Å². The van der Waals surface area contributed by atoms with Gasteiger partial charge < -0.3 is 14.7 Å². The minimum Gasteiger partial charge on any atom is -0.355 e. The molecule has 0 aliphatic carbocycles. The zero-order chi connectivity index (χ0) is 22.4. The van der Waals surface area contributed by atoms with Gasteiger partial charge in [-0.05, 0) is 74.8 Å². The highest BCUT2D eigenvalue weighted by Gasteiger charge is 2.30. The number of thiophene rings is 1. The number of rotatable bonds is 4. The number of hydrogen-bond acceptors (Lipinski definition) is 5. The summed E-state index contributed by atoms with van der Waals surface area (Å²) in [5, 5.41) is 0.717. The molecule has 2 aliphatic rings.